The van der Waals surface area contributed by atoms with E-state index in [1.54, 1.807) is 11.3 Å². The summed E-state index contributed by atoms with van der Waals surface area (Å²) in [6.45, 7) is 9.70. The molecule has 0 saturated carbocycles. The van der Waals surface area contributed by atoms with Gasteiger partial charge in [-0.1, -0.05) is 23.7 Å². The molecular formula is C16H20ClN3S. The third-order valence-corrected chi connectivity index (χ3v) is 5.29. The van der Waals surface area contributed by atoms with Crippen LogP contribution in [-0.4, -0.2) is 36.1 Å². The largest absolute Gasteiger partial charge is 0.369 e. The molecule has 1 aliphatic heterocycles. The van der Waals surface area contributed by atoms with Crippen LogP contribution in [0.5, 0.6) is 0 Å². The second kappa shape index (κ2) is 6.34. The molecule has 0 aliphatic carbocycles. The molecule has 0 spiro atoms. The summed E-state index contributed by atoms with van der Waals surface area (Å²) in [6.07, 6.45) is 1.89. The van der Waals surface area contributed by atoms with Gasteiger partial charge in [0.2, 0.25) is 0 Å². The van der Waals surface area contributed by atoms with Gasteiger partial charge in [-0.15, -0.1) is 11.3 Å². The van der Waals surface area contributed by atoms with E-state index in [2.05, 4.69) is 46.8 Å². The fourth-order valence-electron chi connectivity index (χ4n) is 2.80. The molecule has 2 aromatic rings. The molecule has 1 aliphatic rings. The normalized spacial score (nSPS) is 16.4. The van der Waals surface area contributed by atoms with E-state index >= 15 is 0 Å². The van der Waals surface area contributed by atoms with E-state index in [1.807, 2.05) is 6.20 Å². The minimum Gasteiger partial charge on any atom is -0.369 e. The average Bonchev–Trinajstić information content (AvgIpc) is 2.88. The Labute approximate surface area is 135 Å². The van der Waals surface area contributed by atoms with E-state index in [4.69, 9.17) is 11.6 Å². The number of aryl methyl sites for hydroxylation is 1. The molecule has 1 saturated heterocycles. The van der Waals surface area contributed by atoms with Crippen LogP contribution in [0.25, 0.3) is 0 Å². The van der Waals surface area contributed by atoms with Crippen LogP contribution >= 0.6 is 22.9 Å². The van der Waals surface area contributed by atoms with Crippen molar-refractivity contribution in [1.29, 1.82) is 0 Å². The van der Waals surface area contributed by atoms with Crippen LogP contribution in [0.15, 0.2) is 24.4 Å². The maximum Gasteiger partial charge on any atom is 0.183 e. The van der Waals surface area contributed by atoms with Gasteiger partial charge < -0.3 is 4.90 Å². The van der Waals surface area contributed by atoms with Crippen LogP contribution < -0.4 is 4.90 Å². The van der Waals surface area contributed by atoms with Gasteiger partial charge in [-0.25, -0.2) is 4.98 Å². The Morgan fingerprint density at radius 1 is 1.19 bits per heavy atom. The summed E-state index contributed by atoms with van der Waals surface area (Å²) in [5.41, 5.74) is 4.16. The molecule has 0 amide bonds. The number of hydrogen-bond acceptors (Lipinski definition) is 4. The van der Waals surface area contributed by atoms with Crippen molar-refractivity contribution in [3.63, 3.8) is 0 Å². The Balaban J connectivity index is 1.61. The molecule has 3 nitrogen and oxygen atoms in total. The molecule has 0 radical (unpaired) electrons. The number of rotatable bonds is 3. The van der Waals surface area contributed by atoms with Gasteiger partial charge >= 0.3 is 0 Å². The lowest BCUT2D eigenvalue weighted by molar-refractivity contribution is 0.251. The predicted octanol–water partition coefficient (Wildman–Crippen LogP) is 3.74. The van der Waals surface area contributed by atoms with Crippen molar-refractivity contribution in [2.24, 2.45) is 0 Å². The number of hydrogen-bond donors (Lipinski definition) is 0. The predicted molar refractivity (Wildman–Crippen MR) is 90.5 cm³/mol. The fourth-order valence-corrected chi connectivity index (χ4v) is 3.82. The molecule has 0 N–H and O–H groups in total. The Kier molecular flexibility index (Phi) is 4.48. The summed E-state index contributed by atoms with van der Waals surface area (Å²) in [4.78, 5) is 10.3. The van der Waals surface area contributed by atoms with Crippen LogP contribution in [0, 0.1) is 13.8 Å². The molecule has 5 heteroatoms. The van der Waals surface area contributed by atoms with Gasteiger partial charge in [0.15, 0.2) is 4.47 Å². The van der Waals surface area contributed by atoms with E-state index in [-0.39, 0.29) is 0 Å². The van der Waals surface area contributed by atoms with Crippen LogP contribution in [-0.2, 0) is 6.54 Å². The second-order valence-corrected chi connectivity index (χ2v) is 7.26. The number of thiazole rings is 1. The zero-order valence-corrected chi connectivity index (χ0v) is 14.0. The van der Waals surface area contributed by atoms with E-state index in [1.165, 1.54) is 21.7 Å². The number of nitrogens with zero attached hydrogens (tertiary/aromatic N) is 3. The summed E-state index contributed by atoms with van der Waals surface area (Å²) in [5.74, 6) is 0. The monoisotopic (exact) mass is 321 g/mol. The van der Waals surface area contributed by atoms with E-state index in [0.29, 0.717) is 4.47 Å². The SMILES string of the molecule is Cc1cccc(N2CCN(Cc3cnc(Cl)s3)CC2)c1C. The van der Waals surface area contributed by atoms with Crippen LogP contribution in [0.3, 0.4) is 0 Å². The van der Waals surface area contributed by atoms with Gasteiger partial charge in [-0.05, 0) is 31.0 Å². The fraction of sp³-hybridized carbons (Fsp3) is 0.438. The maximum absolute atomic E-state index is 5.89. The zero-order chi connectivity index (χ0) is 14.8. The molecular weight excluding hydrogens is 302 g/mol. The van der Waals surface area contributed by atoms with Gasteiger partial charge in [0.25, 0.3) is 0 Å². The van der Waals surface area contributed by atoms with Crippen LogP contribution in [0.1, 0.15) is 16.0 Å². The molecule has 21 heavy (non-hydrogen) atoms. The maximum atomic E-state index is 5.89. The third kappa shape index (κ3) is 3.39. The summed E-state index contributed by atoms with van der Waals surface area (Å²) in [6, 6.07) is 6.58. The van der Waals surface area contributed by atoms with Crippen LogP contribution in [0.4, 0.5) is 5.69 Å². The molecule has 3 rings (SSSR count). The smallest absolute Gasteiger partial charge is 0.183 e. The van der Waals surface area contributed by atoms with Crippen molar-refractivity contribution in [2.75, 3.05) is 31.1 Å². The third-order valence-electron chi connectivity index (χ3n) is 4.19. The highest BCUT2D eigenvalue weighted by atomic mass is 35.5. The topological polar surface area (TPSA) is 19.4 Å². The van der Waals surface area contributed by atoms with Crippen molar-refractivity contribution in [2.45, 2.75) is 20.4 Å². The van der Waals surface area contributed by atoms with Gasteiger partial charge in [-0.2, -0.15) is 0 Å². The van der Waals surface area contributed by atoms with E-state index < -0.39 is 0 Å². The lowest BCUT2D eigenvalue weighted by Gasteiger charge is -2.36. The lowest BCUT2D eigenvalue weighted by Crippen LogP contribution is -2.46. The first-order chi connectivity index (χ1) is 10.1. The summed E-state index contributed by atoms with van der Waals surface area (Å²) in [7, 11) is 0. The molecule has 0 unspecified atom stereocenters. The van der Waals surface area contributed by atoms with E-state index in [9.17, 15) is 0 Å². The molecule has 0 atom stereocenters. The van der Waals surface area contributed by atoms with Crippen molar-refractivity contribution < 1.29 is 0 Å². The Morgan fingerprint density at radius 2 is 1.95 bits per heavy atom. The highest BCUT2D eigenvalue weighted by Gasteiger charge is 2.19. The van der Waals surface area contributed by atoms with Crippen molar-refractivity contribution in [3.8, 4) is 0 Å². The van der Waals surface area contributed by atoms with Gasteiger partial charge in [0.1, 0.15) is 0 Å². The molecule has 112 valence electrons. The average molecular weight is 322 g/mol. The first kappa shape index (κ1) is 14.8. The number of piperazine rings is 1. The number of anilines is 1. The molecule has 1 aromatic carbocycles. The molecule has 0 bridgehead atoms. The Hall–Kier alpha value is -1.10. The van der Waals surface area contributed by atoms with Crippen molar-refractivity contribution >= 4 is 28.6 Å². The summed E-state index contributed by atoms with van der Waals surface area (Å²) < 4.78 is 0.638. The lowest BCUT2D eigenvalue weighted by atomic mass is 10.1. The van der Waals surface area contributed by atoms with E-state index in [0.717, 1.165) is 32.7 Å². The minimum absolute atomic E-state index is 0.638. The number of halogens is 1. The Bertz CT molecular complexity index is 618. The van der Waals surface area contributed by atoms with Gasteiger partial charge in [-0.3, -0.25) is 4.90 Å². The Morgan fingerprint density at radius 3 is 2.62 bits per heavy atom. The van der Waals surface area contributed by atoms with Crippen LogP contribution in [0.2, 0.25) is 4.47 Å². The standard InChI is InChI=1S/C16H20ClN3S/c1-12-4-3-5-15(13(12)2)20-8-6-19(7-9-20)11-14-10-18-16(17)21-14/h3-5,10H,6-9,11H2,1-2H3. The molecule has 1 fully saturated rings. The summed E-state index contributed by atoms with van der Waals surface area (Å²) >= 11 is 7.48. The van der Waals surface area contributed by atoms with Gasteiger partial charge in [0.05, 0.1) is 0 Å². The van der Waals surface area contributed by atoms with Crippen molar-refractivity contribution in [3.05, 3.63) is 44.9 Å². The quantitative estimate of drug-likeness (QED) is 0.858. The highest BCUT2D eigenvalue weighted by molar-refractivity contribution is 7.15. The first-order valence-corrected chi connectivity index (χ1v) is 8.46. The van der Waals surface area contributed by atoms with Gasteiger partial charge in [0, 0.05) is 49.5 Å². The molecule has 2 heterocycles. The summed E-state index contributed by atoms with van der Waals surface area (Å²) in [5, 5.41) is 0. The molecule has 1 aromatic heterocycles. The minimum atomic E-state index is 0.638. The number of aromatic nitrogens is 1. The zero-order valence-electron chi connectivity index (χ0n) is 12.5. The highest BCUT2D eigenvalue weighted by Crippen LogP contribution is 2.25. The van der Waals surface area contributed by atoms with Crippen molar-refractivity contribution in [1.82, 2.24) is 9.88 Å². The number of benzene rings is 1. The second-order valence-electron chi connectivity index (χ2n) is 5.56. The first-order valence-electron chi connectivity index (χ1n) is 7.27.